The van der Waals surface area contributed by atoms with Gasteiger partial charge in [-0.15, -0.1) is 0 Å². The third-order valence-corrected chi connectivity index (χ3v) is 10.0. The summed E-state index contributed by atoms with van der Waals surface area (Å²) in [7, 11) is -2.43. The van der Waals surface area contributed by atoms with E-state index in [0.29, 0.717) is 13.0 Å². The van der Waals surface area contributed by atoms with E-state index in [4.69, 9.17) is 4.43 Å². The van der Waals surface area contributed by atoms with Gasteiger partial charge in [0.05, 0.1) is 0 Å². The molecule has 0 amide bonds. The van der Waals surface area contributed by atoms with Crippen LogP contribution in [0.1, 0.15) is 47.0 Å². The summed E-state index contributed by atoms with van der Waals surface area (Å²) in [5.74, 6) is 0. The predicted molar refractivity (Wildman–Crippen MR) is 117 cm³/mol. The molecule has 2 aromatic carbocycles. The van der Waals surface area contributed by atoms with Gasteiger partial charge in [-0.05, 0) is 35.2 Å². The second-order valence-electron chi connectivity index (χ2n) is 8.06. The molecule has 0 saturated carbocycles. The summed E-state index contributed by atoms with van der Waals surface area (Å²) in [4.78, 5) is 10.5. The van der Waals surface area contributed by atoms with Crippen molar-refractivity contribution in [2.45, 2.75) is 52.0 Å². The maximum Gasteiger partial charge on any atom is 0.261 e. The molecule has 3 heteroatoms. The van der Waals surface area contributed by atoms with Crippen molar-refractivity contribution in [2.75, 3.05) is 6.61 Å². The Morgan fingerprint density at radius 2 is 1.44 bits per heavy atom. The van der Waals surface area contributed by atoms with Gasteiger partial charge in [0.25, 0.3) is 8.32 Å². The predicted octanol–water partition coefficient (Wildman–Crippen LogP) is 4.88. The Bertz CT molecular complexity index is 690. The summed E-state index contributed by atoms with van der Waals surface area (Å²) in [6, 6.07) is 21.4. The number of carbonyl (C=O) groups excluding carboxylic acids is 1. The van der Waals surface area contributed by atoms with Crippen LogP contribution in [-0.2, 0) is 9.22 Å². The highest BCUT2D eigenvalue weighted by molar-refractivity contribution is 6.99. The van der Waals surface area contributed by atoms with Crippen molar-refractivity contribution in [2.24, 2.45) is 0 Å². The highest BCUT2D eigenvalue weighted by Gasteiger charge is 2.49. The number of hydrogen-bond donors (Lipinski definition) is 0. The van der Waals surface area contributed by atoms with E-state index in [1.807, 2.05) is 0 Å². The molecule has 0 aliphatic rings. The molecule has 0 radical (unpaired) electrons. The molecular weight excluding hydrogens is 348 g/mol. The van der Waals surface area contributed by atoms with Crippen LogP contribution in [0.15, 0.2) is 72.3 Å². The van der Waals surface area contributed by atoms with Crippen molar-refractivity contribution in [1.82, 2.24) is 0 Å². The lowest BCUT2D eigenvalue weighted by Crippen LogP contribution is -2.66. The van der Waals surface area contributed by atoms with Gasteiger partial charge in [-0.2, -0.15) is 0 Å². The molecule has 0 fully saturated rings. The Hall–Kier alpha value is -1.97. The van der Waals surface area contributed by atoms with E-state index in [-0.39, 0.29) is 5.04 Å². The first-order chi connectivity index (χ1) is 12.9. The third-order valence-electron chi connectivity index (χ3n) is 5.00. The molecule has 0 bridgehead atoms. The van der Waals surface area contributed by atoms with Gasteiger partial charge in [0.2, 0.25) is 0 Å². The van der Waals surface area contributed by atoms with Crippen LogP contribution < -0.4 is 10.4 Å². The van der Waals surface area contributed by atoms with E-state index in [1.165, 1.54) is 15.9 Å². The van der Waals surface area contributed by atoms with Crippen LogP contribution in [0.5, 0.6) is 0 Å². The van der Waals surface area contributed by atoms with Crippen molar-refractivity contribution in [3.63, 3.8) is 0 Å². The van der Waals surface area contributed by atoms with Crippen molar-refractivity contribution in [3.8, 4) is 0 Å². The summed E-state index contributed by atoms with van der Waals surface area (Å²) in [6.07, 6.45) is 5.49. The van der Waals surface area contributed by atoms with Gasteiger partial charge in [0.15, 0.2) is 0 Å². The van der Waals surface area contributed by atoms with Crippen LogP contribution in [0.25, 0.3) is 0 Å². The summed E-state index contributed by atoms with van der Waals surface area (Å²) >= 11 is 0. The molecule has 2 nitrogen and oxygen atoms in total. The number of rotatable bonds is 9. The number of allylic oxidation sites excluding steroid dienone is 1. The zero-order chi connectivity index (χ0) is 19.8. The average Bonchev–Trinajstić information content (AvgIpc) is 2.67. The normalized spacial score (nSPS) is 12.8. The maximum absolute atomic E-state index is 10.5. The van der Waals surface area contributed by atoms with Crippen molar-refractivity contribution in [1.29, 1.82) is 0 Å². The third kappa shape index (κ3) is 5.27. The zero-order valence-electron chi connectivity index (χ0n) is 17.1. The van der Waals surface area contributed by atoms with Gasteiger partial charge in [-0.1, -0.05) is 93.1 Å². The molecule has 0 spiro atoms. The number of aldehydes is 1. The standard InChI is InChI=1S/C24H32O2Si/c1-21(13-11-19-25)14-12-20-26-27(24(2,3)4,22-15-7-5-8-16-22)23-17-9-6-10-18-23/h5-10,14-19H,11-13,20H2,1-4H3/b21-14+. The van der Waals surface area contributed by atoms with Gasteiger partial charge >= 0.3 is 0 Å². The van der Waals surface area contributed by atoms with E-state index >= 15 is 0 Å². The van der Waals surface area contributed by atoms with Crippen LogP contribution in [0.2, 0.25) is 5.04 Å². The molecule has 27 heavy (non-hydrogen) atoms. The molecule has 0 aliphatic heterocycles. The van der Waals surface area contributed by atoms with Gasteiger partial charge < -0.3 is 9.22 Å². The van der Waals surface area contributed by atoms with E-state index in [2.05, 4.69) is 94.4 Å². The van der Waals surface area contributed by atoms with Crippen LogP contribution in [0.4, 0.5) is 0 Å². The largest absolute Gasteiger partial charge is 0.407 e. The van der Waals surface area contributed by atoms with E-state index in [0.717, 1.165) is 19.1 Å². The fourth-order valence-corrected chi connectivity index (χ4v) is 8.25. The Kier molecular flexibility index (Phi) is 7.75. The van der Waals surface area contributed by atoms with Gasteiger partial charge in [-0.3, -0.25) is 0 Å². The summed E-state index contributed by atoms with van der Waals surface area (Å²) in [5.41, 5.74) is 1.26. The second kappa shape index (κ2) is 9.82. The lowest BCUT2D eigenvalue weighted by Gasteiger charge is -2.43. The molecule has 0 N–H and O–H groups in total. The maximum atomic E-state index is 10.5. The van der Waals surface area contributed by atoms with Gasteiger partial charge in [-0.25, -0.2) is 0 Å². The van der Waals surface area contributed by atoms with Crippen LogP contribution >= 0.6 is 0 Å². The fraction of sp³-hybridized carbons (Fsp3) is 0.375. The van der Waals surface area contributed by atoms with Crippen molar-refractivity contribution >= 4 is 25.0 Å². The fourth-order valence-electron chi connectivity index (χ4n) is 3.67. The highest BCUT2D eigenvalue weighted by Crippen LogP contribution is 2.36. The van der Waals surface area contributed by atoms with E-state index in [1.54, 1.807) is 0 Å². The summed E-state index contributed by atoms with van der Waals surface area (Å²) in [5, 5.41) is 2.63. The molecule has 2 rings (SSSR count). The molecule has 0 aliphatic carbocycles. The molecule has 144 valence electrons. The summed E-state index contributed by atoms with van der Waals surface area (Å²) in [6.45, 7) is 9.66. The average molecular weight is 381 g/mol. The Balaban J connectivity index is 2.34. The monoisotopic (exact) mass is 380 g/mol. The molecule has 0 aromatic heterocycles. The smallest absolute Gasteiger partial charge is 0.261 e. The van der Waals surface area contributed by atoms with Gasteiger partial charge in [0, 0.05) is 13.0 Å². The SMILES string of the molecule is C/C(=C\CCO[Si](c1ccccc1)(c1ccccc1)C(C)(C)C)CCC=O. The highest BCUT2D eigenvalue weighted by atomic mass is 28.4. The van der Waals surface area contributed by atoms with Crippen molar-refractivity contribution in [3.05, 3.63) is 72.3 Å². The van der Waals surface area contributed by atoms with Crippen LogP contribution in [0.3, 0.4) is 0 Å². The quantitative estimate of drug-likeness (QED) is 0.268. The first-order valence-electron chi connectivity index (χ1n) is 9.76. The zero-order valence-corrected chi connectivity index (χ0v) is 18.1. The number of hydrogen-bond acceptors (Lipinski definition) is 2. The lowest BCUT2D eigenvalue weighted by molar-refractivity contribution is -0.107. The number of benzene rings is 2. The Morgan fingerprint density at radius 1 is 0.926 bits per heavy atom. The minimum atomic E-state index is -2.43. The minimum absolute atomic E-state index is 0.00594. The molecule has 0 saturated heterocycles. The summed E-state index contributed by atoms with van der Waals surface area (Å²) < 4.78 is 6.85. The Labute approximate surface area is 165 Å². The first-order valence-corrected chi connectivity index (χ1v) is 11.7. The minimum Gasteiger partial charge on any atom is -0.407 e. The topological polar surface area (TPSA) is 26.3 Å². The molecular formula is C24H32O2Si. The Morgan fingerprint density at radius 3 is 1.89 bits per heavy atom. The van der Waals surface area contributed by atoms with Gasteiger partial charge in [0.1, 0.15) is 6.29 Å². The molecule has 2 aromatic rings. The van der Waals surface area contributed by atoms with Crippen LogP contribution in [-0.4, -0.2) is 21.2 Å². The second-order valence-corrected chi connectivity index (χ2v) is 12.4. The van der Waals surface area contributed by atoms with Crippen molar-refractivity contribution < 1.29 is 9.22 Å². The molecule has 0 unspecified atom stereocenters. The molecule has 0 atom stereocenters. The molecule has 0 heterocycles. The number of carbonyl (C=O) groups is 1. The van der Waals surface area contributed by atoms with E-state index in [9.17, 15) is 4.79 Å². The lowest BCUT2D eigenvalue weighted by atomic mass is 10.1. The first kappa shape index (κ1) is 21.3. The van der Waals surface area contributed by atoms with E-state index < -0.39 is 8.32 Å². The van der Waals surface area contributed by atoms with Crippen LogP contribution in [0, 0.1) is 0 Å².